The third kappa shape index (κ3) is 6.77. The van der Waals surface area contributed by atoms with Crippen LogP contribution in [0.2, 0.25) is 0 Å². The Kier molecular flexibility index (Phi) is 8.53. The molecule has 1 aromatic rings. The number of aliphatic imine (C=N–C) groups is 1. The molecule has 1 aliphatic carbocycles. The van der Waals surface area contributed by atoms with Gasteiger partial charge in [0.15, 0.2) is 5.96 Å². The molecule has 24 heavy (non-hydrogen) atoms. The van der Waals surface area contributed by atoms with Gasteiger partial charge in [0.2, 0.25) is 0 Å². The van der Waals surface area contributed by atoms with E-state index in [0.717, 1.165) is 29.8 Å². The van der Waals surface area contributed by atoms with Crippen LogP contribution in [0.3, 0.4) is 0 Å². The Morgan fingerprint density at radius 1 is 1.29 bits per heavy atom. The fourth-order valence-electron chi connectivity index (χ4n) is 2.86. The van der Waals surface area contributed by atoms with Crippen molar-refractivity contribution in [1.82, 2.24) is 15.6 Å². The summed E-state index contributed by atoms with van der Waals surface area (Å²) in [4.78, 5) is 8.89. The van der Waals surface area contributed by atoms with Crippen LogP contribution in [0.25, 0.3) is 0 Å². The van der Waals surface area contributed by atoms with E-state index in [9.17, 15) is 0 Å². The highest BCUT2D eigenvalue weighted by atomic mass is 32.1. The van der Waals surface area contributed by atoms with Crippen LogP contribution in [0.4, 0.5) is 0 Å². The number of nitrogens with one attached hydrogen (secondary N) is 2. The molecule has 0 amide bonds. The lowest BCUT2D eigenvalue weighted by molar-refractivity contribution is 0.0468. The lowest BCUT2D eigenvalue weighted by Gasteiger charge is -2.16. The second-order valence-electron chi connectivity index (χ2n) is 6.66. The van der Waals surface area contributed by atoms with Crippen LogP contribution in [0.5, 0.6) is 0 Å². The third-order valence-corrected chi connectivity index (χ3v) is 5.21. The fraction of sp³-hybridized carbons (Fsp3) is 0.778. The Hall–Kier alpha value is -1.14. The van der Waals surface area contributed by atoms with E-state index in [-0.39, 0.29) is 0 Å². The molecule has 0 spiro atoms. The fourth-order valence-corrected chi connectivity index (χ4v) is 3.75. The molecule has 2 N–H and O–H groups in total. The number of ether oxygens (including phenoxy) is 1. The van der Waals surface area contributed by atoms with Gasteiger partial charge in [-0.25, -0.2) is 4.98 Å². The number of nitrogens with zero attached hydrogens (tertiary/aromatic N) is 2. The summed E-state index contributed by atoms with van der Waals surface area (Å²) in [5.74, 6) is 1.29. The van der Waals surface area contributed by atoms with Crippen molar-refractivity contribution in [2.45, 2.75) is 70.9 Å². The van der Waals surface area contributed by atoms with Crippen molar-refractivity contribution >= 4 is 17.3 Å². The summed E-state index contributed by atoms with van der Waals surface area (Å²) in [6.07, 6.45) is 8.24. The molecular formula is C18H32N4OS. The minimum absolute atomic E-state index is 0.453. The van der Waals surface area contributed by atoms with Crippen LogP contribution >= 0.6 is 11.3 Å². The molecule has 5 nitrogen and oxygen atoms in total. The highest BCUT2D eigenvalue weighted by Gasteiger charge is 2.12. The van der Waals surface area contributed by atoms with Crippen LogP contribution in [-0.2, 0) is 11.3 Å². The van der Waals surface area contributed by atoms with Gasteiger partial charge in [-0.3, -0.25) is 4.99 Å². The van der Waals surface area contributed by atoms with Crippen molar-refractivity contribution in [3.63, 3.8) is 0 Å². The molecule has 1 saturated carbocycles. The van der Waals surface area contributed by atoms with E-state index in [1.165, 1.54) is 38.5 Å². The highest BCUT2D eigenvalue weighted by Crippen LogP contribution is 2.19. The zero-order valence-electron chi connectivity index (χ0n) is 15.3. The number of thiazole rings is 1. The topological polar surface area (TPSA) is 58.5 Å². The van der Waals surface area contributed by atoms with E-state index in [2.05, 4.69) is 39.8 Å². The van der Waals surface area contributed by atoms with Crippen LogP contribution in [0, 0.1) is 0 Å². The normalized spacial score (nSPS) is 17.1. The van der Waals surface area contributed by atoms with Gasteiger partial charge < -0.3 is 15.4 Å². The van der Waals surface area contributed by atoms with Crippen LogP contribution in [-0.4, -0.2) is 37.2 Å². The lowest BCUT2D eigenvalue weighted by atomic mass is 10.1. The Balaban J connectivity index is 1.63. The number of hydrogen-bond donors (Lipinski definition) is 2. The molecule has 1 aliphatic rings. The Morgan fingerprint density at radius 3 is 2.67 bits per heavy atom. The lowest BCUT2D eigenvalue weighted by Crippen LogP contribution is -2.38. The van der Waals surface area contributed by atoms with Gasteiger partial charge in [-0.15, -0.1) is 11.3 Å². The summed E-state index contributed by atoms with van der Waals surface area (Å²) in [5.41, 5.74) is 1.16. The van der Waals surface area contributed by atoms with Gasteiger partial charge in [-0.1, -0.05) is 39.5 Å². The van der Waals surface area contributed by atoms with Crippen molar-refractivity contribution in [1.29, 1.82) is 0 Å². The quantitative estimate of drug-likeness (QED) is 0.340. The molecule has 2 rings (SSSR count). The van der Waals surface area contributed by atoms with Gasteiger partial charge in [0.05, 0.1) is 24.9 Å². The minimum atomic E-state index is 0.453. The van der Waals surface area contributed by atoms with Crippen LogP contribution in [0.15, 0.2) is 10.4 Å². The Labute approximate surface area is 150 Å². The van der Waals surface area contributed by atoms with E-state index >= 15 is 0 Å². The summed E-state index contributed by atoms with van der Waals surface area (Å²) in [6.45, 7) is 6.56. The molecule has 0 saturated heterocycles. The largest absolute Gasteiger partial charge is 0.376 e. The molecule has 136 valence electrons. The molecular weight excluding hydrogens is 320 g/mol. The average molecular weight is 353 g/mol. The van der Waals surface area contributed by atoms with Gasteiger partial charge in [0, 0.05) is 19.0 Å². The second-order valence-corrected chi connectivity index (χ2v) is 7.60. The van der Waals surface area contributed by atoms with E-state index < -0.39 is 0 Å². The van der Waals surface area contributed by atoms with Crippen molar-refractivity contribution in [2.24, 2.45) is 4.99 Å². The average Bonchev–Trinajstić information content (AvgIpc) is 2.91. The number of rotatable bonds is 7. The molecule has 0 atom stereocenters. The van der Waals surface area contributed by atoms with E-state index in [1.54, 1.807) is 18.4 Å². The smallest absolute Gasteiger partial charge is 0.191 e. The first-order valence-corrected chi connectivity index (χ1v) is 10.1. The maximum atomic E-state index is 5.99. The minimum Gasteiger partial charge on any atom is -0.376 e. The Morgan fingerprint density at radius 2 is 2.04 bits per heavy atom. The maximum Gasteiger partial charge on any atom is 0.191 e. The maximum absolute atomic E-state index is 5.99. The molecule has 0 aromatic carbocycles. The van der Waals surface area contributed by atoms with Gasteiger partial charge in [-0.05, 0) is 18.8 Å². The monoisotopic (exact) mass is 352 g/mol. The Bertz CT molecular complexity index is 493. The predicted molar refractivity (Wildman–Crippen MR) is 102 cm³/mol. The van der Waals surface area contributed by atoms with Crippen molar-refractivity contribution in [3.8, 4) is 0 Å². The first-order chi connectivity index (χ1) is 11.7. The van der Waals surface area contributed by atoms with Crippen molar-refractivity contribution in [2.75, 3.05) is 20.2 Å². The summed E-state index contributed by atoms with van der Waals surface area (Å²) >= 11 is 1.70. The second kappa shape index (κ2) is 10.7. The molecule has 0 unspecified atom stereocenters. The van der Waals surface area contributed by atoms with Crippen molar-refractivity contribution < 1.29 is 4.74 Å². The standard InChI is InChI=1S/C18H32N4OS/c1-14(2)16-13-24-17(22-16)12-21-18(19-3)20-10-11-23-15-8-6-4-5-7-9-15/h13-15H,4-12H2,1-3H3,(H2,19,20,21). The van der Waals surface area contributed by atoms with Gasteiger partial charge in [0.1, 0.15) is 5.01 Å². The molecule has 1 heterocycles. The summed E-state index contributed by atoms with van der Waals surface area (Å²) in [6, 6.07) is 0. The predicted octanol–water partition coefficient (Wildman–Crippen LogP) is 3.67. The van der Waals surface area contributed by atoms with Gasteiger partial charge in [-0.2, -0.15) is 0 Å². The van der Waals surface area contributed by atoms with Gasteiger partial charge >= 0.3 is 0 Å². The number of guanidine groups is 1. The first-order valence-electron chi connectivity index (χ1n) is 9.19. The molecule has 6 heteroatoms. The third-order valence-electron chi connectivity index (χ3n) is 4.34. The van der Waals surface area contributed by atoms with E-state index in [4.69, 9.17) is 4.74 Å². The van der Waals surface area contributed by atoms with Crippen molar-refractivity contribution in [3.05, 3.63) is 16.1 Å². The van der Waals surface area contributed by atoms with Crippen LogP contribution in [0.1, 0.15) is 69.0 Å². The van der Waals surface area contributed by atoms with E-state index in [0.29, 0.717) is 18.6 Å². The molecule has 1 fully saturated rings. The summed E-state index contributed by atoms with van der Waals surface area (Å²) in [7, 11) is 1.79. The SMILES string of the molecule is CN=C(NCCOC1CCCCCC1)NCc1nc(C(C)C)cs1. The van der Waals surface area contributed by atoms with E-state index in [1.807, 2.05) is 0 Å². The highest BCUT2D eigenvalue weighted by molar-refractivity contribution is 7.09. The molecule has 0 radical (unpaired) electrons. The zero-order chi connectivity index (χ0) is 17.2. The zero-order valence-corrected chi connectivity index (χ0v) is 16.1. The van der Waals surface area contributed by atoms with Crippen LogP contribution < -0.4 is 10.6 Å². The first kappa shape index (κ1) is 19.2. The summed E-state index contributed by atoms with van der Waals surface area (Å²) in [5, 5.41) is 9.86. The molecule has 1 aromatic heterocycles. The number of aromatic nitrogens is 1. The molecule has 0 aliphatic heterocycles. The molecule has 0 bridgehead atoms. The summed E-state index contributed by atoms with van der Waals surface area (Å²) < 4.78 is 5.99. The van der Waals surface area contributed by atoms with Gasteiger partial charge in [0.25, 0.3) is 0 Å². The number of hydrogen-bond acceptors (Lipinski definition) is 4.